The highest BCUT2D eigenvalue weighted by Gasteiger charge is 2.05. The Hall–Kier alpha value is -0.630. The minimum absolute atomic E-state index is 0.151. The van der Waals surface area contributed by atoms with E-state index in [1.54, 1.807) is 0 Å². The molecular weight excluding hydrogens is 146 g/mol. The molecule has 0 aliphatic heterocycles. The van der Waals surface area contributed by atoms with Crippen molar-refractivity contribution in [1.82, 2.24) is 0 Å². The van der Waals surface area contributed by atoms with Crippen molar-refractivity contribution in [3.63, 3.8) is 0 Å². The van der Waals surface area contributed by atoms with Gasteiger partial charge in [0.05, 0.1) is 12.7 Å². The third-order valence-electron chi connectivity index (χ3n) is 1.02. The predicted molar refractivity (Wildman–Crippen MR) is 38.9 cm³/mol. The molecule has 0 amide bonds. The highest BCUT2D eigenvalue weighted by atomic mass is 16.7. The normalized spacial score (nSPS) is 12.5. The van der Waals surface area contributed by atoms with Gasteiger partial charge in [-0.25, -0.2) is 0 Å². The zero-order chi connectivity index (χ0) is 8.53. The Morgan fingerprint density at radius 3 is 2.73 bits per heavy atom. The lowest BCUT2D eigenvalue weighted by atomic mass is 10.4. The number of hydrogen-bond donors (Lipinski definition) is 0. The molecule has 0 aromatic rings. The molecule has 4 heteroatoms. The van der Waals surface area contributed by atoms with E-state index in [9.17, 15) is 0 Å². The molecule has 1 atom stereocenters. The molecule has 0 aliphatic carbocycles. The molecule has 0 fully saturated rings. The maximum atomic E-state index is 8.45. The fraction of sp³-hybridized carbons (Fsp3) is 0.857. The lowest BCUT2D eigenvalue weighted by Gasteiger charge is -2.08. The molecule has 4 nitrogen and oxygen atoms in total. The first-order valence-corrected chi connectivity index (χ1v) is 3.43. The van der Waals surface area contributed by atoms with Crippen LogP contribution in [-0.4, -0.2) is 33.2 Å². The van der Waals surface area contributed by atoms with E-state index >= 15 is 0 Å². The van der Waals surface area contributed by atoms with Gasteiger partial charge in [-0.1, -0.05) is 0 Å². The van der Waals surface area contributed by atoms with Gasteiger partial charge in [0.1, 0.15) is 6.79 Å². The van der Waals surface area contributed by atoms with Gasteiger partial charge >= 0.3 is 0 Å². The van der Waals surface area contributed by atoms with Gasteiger partial charge in [0.25, 0.3) is 0 Å². The van der Waals surface area contributed by atoms with Crippen LogP contribution in [0, 0.1) is 11.3 Å². The number of rotatable bonds is 6. The molecule has 64 valence electrons. The summed E-state index contributed by atoms with van der Waals surface area (Å²) in [5.74, 6) is 0. The third-order valence-corrected chi connectivity index (χ3v) is 1.02. The lowest BCUT2D eigenvalue weighted by Crippen LogP contribution is -2.18. The smallest absolute Gasteiger partial charge is 0.169 e. The van der Waals surface area contributed by atoms with Crippen molar-refractivity contribution in [2.24, 2.45) is 0 Å². The molecular formula is C7H13NO3. The summed E-state index contributed by atoms with van der Waals surface area (Å²) in [5.41, 5.74) is 0. The largest absolute Gasteiger partial charge is 0.381 e. The van der Waals surface area contributed by atoms with Crippen molar-refractivity contribution < 1.29 is 14.2 Å². The molecule has 11 heavy (non-hydrogen) atoms. The van der Waals surface area contributed by atoms with Crippen LogP contribution in [0.5, 0.6) is 0 Å². The molecule has 0 spiro atoms. The molecule has 0 aromatic heterocycles. The van der Waals surface area contributed by atoms with Crippen LogP contribution < -0.4 is 0 Å². The first-order valence-electron chi connectivity index (χ1n) is 3.43. The summed E-state index contributed by atoms with van der Waals surface area (Å²) in [6.45, 7) is 2.88. The van der Waals surface area contributed by atoms with Gasteiger partial charge in [-0.15, -0.1) is 0 Å². The second-order valence-corrected chi connectivity index (χ2v) is 1.85. The summed E-state index contributed by atoms with van der Waals surface area (Å²) >= 11 is 0. The fourth-order valence-electron chi connectivity index (χ4n) is 0.488. The van der Waals surface area contributed by atoms with E-state index < -0.39 is 6.10 Å². The molecule has 0 rings (SSSR count). The molecule has 0 saturated heterocycles. The van der Waals surface area contributed by atoms with Crippen molar-refractivity contribution >= 4 is 0 Å². The van der Waals surface area contributed by atoms with E-state index in [-0.39, 0.29) is 13.4 Å². The highest BCUT2D eigenvalue weighted by molar-refractivity contribution is 4.83. The van der Waals surface area contributed by atoms with Crippen LogP contribution in [0.1, 0.15) is 6.92 Å². The van der Waals surface area contributed by atoms with E-state index in [1.165, 1.54) is 7.11 Å². The van der Waals surface area contributed by atoms with Crippen LogP contribution in [-0.2, 0) is 14.2 Å². The molecule has 0 radical (unpaired) electrons. The first-order chi connectivity index (χ1) is 5.35. The number of hydrogen-bond acceptors (Lipinski definition) is 4. The molecule has 0 saturated carbocycles. The van der Waals surface area contributed by atoms with Gasteiger partial charge in [0.15, 0.2) is 6.10 Å². The summed E-state index contributed by atoms with van der Waals surface area (Å²) in [4.78, 5) is 0. The number of nitrogens with zero attached hydrogens (tertiary/aromatic N) is 1. The molecule has 0 aliphatic rings. The third kappa shape index (κ3) is 5.80. The summed E-state index contributed by atoms with van der Waals surface area (Å²) in [7, 11) is 1.52. The van der Waals surface area contributed by atoms with Crippen molar-refractivity contribution in [3.05, 3.63) is 0 Å². The van der Waals surface area contributed by atoms with Crippen molar-refractivity contribution in [2.45, 2.75) is 13.0 Å². The van der Waals surface area contributed by atoms with Crippen LogP contribution in [0.4, 0.5) is 0 Å². The lowest BCUT2D eigenvalue weighted by molar-refractivity contribution is -0.0851. The Bertz CT molecular complexity index is 121. The summed E-state index contributed by atoms with van der Waals surface area (Å²) in [6.07, 6.45) is -0.522. The van der Waals surface area contributed by atoms with Gasteiger partial charge in [-0.2, -0.15) is 5.26 Å². The quantitative estimate of drug-likeness (QED) is 0.419. The van der Waals surface area contributed by atoms with E-state index in [1.807, 2.05) is 13.0 Å². The average molecular weight is 159 g/mol. The Labute approximate surface area is 66.7 Å². The van der Waals surface area contributed by atoms with E-state index in [0.717, 1.165) is 0 Å². The van der Waals surface area contributed by atoms with Gasteiger partial charge in [-0.3, -0.25) is 0 Å². The molecule has 1 unspecified atom stereocenters. The van der Waals surface area contributed by atoms with Crippen molar-refractivity contribution in [3.8, 4) is 6.07 Å². The fourth-order valence-corrected chi connectivity index (χ4v) is 0.488. The van der Waals surface area contributed by atoms with Crippen LogP contribution in [0.3, 0.4) is 0 Å². The zero-order valence-corrected chi connectivity index (χ0v) is 6.87. The van der Waals surface area contributed by atoms with Crippen molar-refractivity contribution in [2.75, 3.05) is 27.1 Å². The molecule has 0 aromatic carbocycles. The predicted octanol–water partition coefficient (Wildman–Crippen LogP) is 0.536. The molecule has 0 heterocycles. The Balaban J connectivity index is 3.30. The molecule has 0 bridgehead atoms. The standard InChI is InChI=1S/C7H13NO3/c1-3-10-6-11-7(4-8)5-9-2/h7H,3,5-6H2,1-2H3. The highest BCUT2D eigenvalue weighted by Crippen LogP contribution is 1.90. The van der Waals surface area contributed by atoms with Crippen LogP contribution >= 0.6 is 0 Å². The van der Waals surface area contributed by atoms with Gasteiger partial charge in [0.2, 0.25) is 0 Å². The average Bonchev–Trinajstić information content (AvgIpc) is 2.03. The maximum absolute atomic E-state index is 8.45. The Morgan fingerprint density at radius 2 is 2.27 bits per heavy atom. The van der Waals surface area contributed by atoms with E-state index in [0.29, 0.717) is 6.61 Å². The van der Waals surface area contributed by atoms with Crippen molar-refractivity contribution in [1.29, 1.82) is 5.26 Å². The number of ether oxygens (including phenoxy) is 3. The second-order valence-electron chi connectivity index (χ2n) is 1.85. The van der Waals surface area contributed by atoms with E-state index in [2.05, 4.69) is 0 Å². The first kappa shape index (κ1) is 10.4. The minimum Gasteiger partial charge on any atom is -0.381 e. The maximum Gasteiger partial charge on any atom is 0.169 e. The monoisotopic (exact) mass is 159 g/mol. The van der Waals surface area contributed by atoms with Gasteiger partial charge < -0.3 is 14.2 Å². The van der Waals surface area contributed by atoms with E-state index in [4.69, 9.17) is 19.5 Å². The summed E-state index contributed by atoms with van der Waals surface area (Å²) < 4.78 is 14.6. The number of nitriles is 1. The second kappa shape index (κ2) is 7.48. The van der Waals surface area contributed by atoms with Gasteiger partial charge in [-0.05, 0) is 6.92 Å². The topological polar surface area (TPSA) is 51.5 Å². The summed E-state index contributed by atoms with van der Waals surface area (Å²) in [5, 5.41) is 8.45. The zero-order valence-electron chi connectivity index (χ0n) is 6.87. The molecule has 0 N–H and O–H groups in total. The Morgan fingerprint density at radius 1 is 1.55 bits per heavy atom. The minimum atomic E-state index is -0.522. The summed E-state index contributed by atoms with van der Waals surface area (Å²) in [6, 6.07) is 1.93. The number of methoxy groups -OCH3 is 1. The Kier molecular flexibility index (Phi) is 7.05. The van der Waals surface area contributed by atoms with Gasteiger partial charge in [0, 0.05) is 13.7 Å². The SMILES string of the molecule is CCOCOC(C#N)COC. The van der Waals surface area contributed by atoms with Crippen LogP contribution in [0.25, 0.3) is 0 Å². The van der Waals surface area contributed by atoms with Crippen LogP contribution in [0.15, 0.2) is 0 Å². The van der Waals surface area contributed by atoms with Crippen LogP contribution in [0.2, 0.25) is 0 Å².